The number of halogens is 3. The van der Waals surface area contributed by atoms with Crippen LogP contribution in [0.5, 0.6) is 0 Å². The van der Waals surface area contributed by atoms with Gasteiger partial charge < -0.3 is 0 Å². The van der Waals surface area contributed by atoms with Gasteiger partial charge in [-0.1, -0.05) is 11.6 Å². The van der Waals surface area contributed by atoms with Gasteiger partial charge in [-0.2, -0.15) is 0 Å². The van der Waals surface area contributed by atoms with Gasteiger partial charge in [0.25, 0.3) is 0 Å². The summed E-state index contributed by atoms with van der Waals surface area (Å²) < 4.78 is 54.2. The second kappa shape index (κ2) is 7.34. The number of pyridine rings is 1. The summed E-state index contributed by atoms with van der Waals surface area (Å²) in [6.07, 6.45) is 1.42. The van der Waals surface area contributed by atoms with Crippen molar-refractivity contribution in [2.24, 2.45) is 0 Å². The third kappa shape index (κ3) is 3.90. The van der Waals surface area contributed by atoms with Gasteiger partial charge in [-0.25, -0.2) is 17.2 Å². The number of rotatable bonds is 4. The molecular formula is C18H12ClF2NO2S2. The third-order valence-electron chi connectivity index (χ3n) is 3.67. The molecule has 0 bridgehead atoms. The van der Waals surface area contributed by atoms with Crippen LogP contribution < -0.4 is 0 Å². The normalized spacial score (nSPS) is 11.5. The molecule has 1 heterocycles. The van der Waals surface area contributed by atoms with E-state index in [9.17, 15) is 17.2 Å². The van der Waals surface area contributed by atoms with E-state index in [0.29, 0.717) is 21.7 Å². The van der Waals surface area contributed by atoms with Gasteiger partial charge in [0.1, 0.15) is 16.5 Å². The van der Waals surface area contributed by atoms with Gasteiger partial charge in [0.05, 0.1) is 4.90 Å². The first-order valence-electron chi connectivity index (χ1n) is 7.40. The first-order chi connectivity index (χ1) is 12.3. The molecule has 1 aromatic heterocycles. The summed E-state index contributed by atoms with van der Waals surface area (Å²) in [6.45, 7) is 0. The van der Waals surface area contributed by atoms with Crippen LogP contribution in [0.3, 0.4) is 0 Å². The minimum atomic E-state index is -4.24. The molecule has 0 aliphatic carbocycles. The van der Waals surface area contributed by atoms with Gasteiger partial charge in [-0.3, -0.25) is 4.98 Å². The van der Waals surface area contributed by atoms with Crippen LogP contribution in [0.25, 0.3) is 0 Å². The molecule has 0 amide bonds. The summed E-state index contributed by atoms with van der Waals surface area (Å²) in [4.78, 5) is 3.81. The van der Waals surface area contributed by atoms with Gasteiger partial charge in [-0.05, 0) is 54.1 Å². The topological polar surface area (TPSA) is 47.0 Å². The van der Waals surface area contributed by atoms with E-state index in [1.807, 2.05) is 0 Å². The summed E-state index contributed by atoms with van der Waals surface area (Å²) in [5, 5.41) is 0.336. The molecule has 3 rings (SSSR count). The lowest BCUT2D eigenvalue weighted by Crippen LogP contribution is -2.08. The van der Waals surface area contributed by atoms with Crippen LogP contribution in [-0.2, 0) is 16.3 Å². The van der Waals surface area contributed by atoms with Crippen molar-refractivity contribution in [2.75, 3.05) is 0 Å². The van der Waals surface area contributed by atoms with Crippen LogP contribution in [-0.4, -0.2) is 13.4 Å². The van der Waals surface area contributed by atoms with Crippen LogP contribution in [0.2, 0.25) is 5.02 Å². The zero-order valence-corrected chi connectivity index (χ0v) is 15.6. The summed E-state index contributed by atoms with van der Waals surface area (Å²) in [6, 6.07) is 10.1. The summed E-state index contributed by atoms with van der Waals surface area (Å²) in [7, 11) is -4.24. The Morgan fingerprint density at radius 3 is 2.35 bits per heavy atom. The zero-order chi connectivity index (χ0) is 18.9. The molecule has 134 valence electrons. The lowest BCUT2D eigenvalue weighted by Gasteiger charge is -2.10. The Labute approximate surface area is 160 Å². The van der Waals surface area contributed by atoms with Crippen LogP contribution >= 0.6 is 24.2 Å². The average molecular weight is 412 g/mol. The highest BCUT2D eigenvalue weighted by molar-refractivity contribution is 7.91. The maximum Gasteiger partial charge on any atom is 0.209 e. The van der Waals surface area contributed by atoms with Crippen LogP contribution in [0, 0.1) is 11.6 Å². The van der Waals surface area contributed by atoms with Gasteiger partial charge in [0.15, 0.2) is 0 Å². The number of nitrogens with zero attached hydrogens (tertiary/aromatic N) is 1. The summed E-state index contributed by atoms with van der Waals surface area (Å²) in [5.74, 6) is -1.85. The number of sulfone groups is 1. The Bertz CT molecular complexity index is 1050. The van der Waals surface area contributed by atoms with Crippen LogP contribution in [0.4, 0.5) is 8.78 Å². The Morgan fingerprint density at radius 1 is 1.04 bits per heavy atom. The minimum Gasteiger partial charge on any atom is -0.260 e. The van der Waals surface area contributed by atoms with E-state index in [4.69, 9.17) is 11.6 Å². The Morgan fingerprint density at radius 2 is 1.73 bits per heavy atom. The van der Waals surface area contributed by atoms with Crippen molar-refractivity contribution >= 4 is 34.1 Å². The predicted molar refractivity (Wildman–Crippen MR) is 97.6 cm³/mol. The molecule has 0 unspecified atom stereocenters. The Hall–Kier alpha value is -1.96. The number of thiol groups is 1. The molecule has 26 heavy (non-hydrogen) atoms. The summed E-state index contributed by atoms with van der Waals surface area (Å²) in [5.41, 5.74) is 0.360. The van der Waals surface area contributed by atoms with Gasteiger partial charge in [-0.15, -0.1) is 12.6 Å². The fraction of sp³-hybridized carbons (Fsp3) is 0.0556. The van der Waals surface area contributed by atoms with Gasteiger partial charge in [0, 0.05) is 28.2 Å². The smallest absolute Gasteiger partial charge is 0.209 e. The SMILES string of the molecule is O=S(=O)(c1ccc(Cl)cc1)c1cc(F)cc(Cc2ccc(S)cn2)c1F. The van der Waals surface area contributed by atoms with Crippen molar-refractivity contribution in [1.29, 1.82) is 0 Å². The molecule has 0 N–H and O–H groups in total. The van der Waals surface area contributed by atoms with E-state index in [-0.39, 0.29) is 16.9 Å². The quantitative estimate of drug-likeness (QED) is 0.631. The van der Waals surface area contributed by atoms with E-state index in [1.54, 1.807) is 12.1 Å². The number of aromatic nitrogens is 1. The van der Waals surface area contributed by atoms with Gasteiger partial charge >= 0.3 is 0 Å². The molecule has 0 spiro atoms. The maximum atomic E-state index is 14.9. The van der Waals surface area contributed by atoms with Crippen molar-refractivity contribution in [3.05, 3.63) is 82.6 Å². The standard InChI is InChI=1S/C18H12ClF2NO2S2/c19-12-1-5-16(6-2-12)26(23,24)17-9-13(20)7-11(18(17)21)8-14-3-4-15(25)10-22-14/h1-7,9-10,25H,8H2. The second-order valence-corrected chi connectivity index (χ2v) is 8.39. The highest BCUT2D eigenvalue weighted by Crippen LogP contribution is 2.28. The second-order valence-electron chi connectivity index (χ2n) is 5.52. The fourth-order valence-corrected chi connectivity index (χ4v) is 4.04. The number of benzene rings is 2. The van der Waals surface area contributed by atoms with E-state index < -0.39 is 26.4 Å². The summed E-state index contributed by atoms with van der Waals surface area (Å²) >= 11 is 9.86. The van der Waals surface area contributed by atoms with Crippen molar-refractivity contribution in [2.45, 2.75) is 21.1 Å². The fourth-order valence-electron chi connectivity index (χ4n) is 2.40. The first-order valence-corrected chi connectivity index (χ1v) is 9.70. The molecule has 2 aromatic carbocycles. The Kier molecular flexibility index (Phi) is 5.32. The van der Waals surface area contributed by atoms with Crippen molar-refractivity contribution in [3.8, 4) is 0 Å². The lowest BCUT2D eigenvalue weighted by atomic mass is 10.1. The van der Waals surface area contributed by atoms with Crippen LogP contribution in [0.15, 0.2) is 69.4 Å². The zero-order valence-electron chi connectivity index (χ0n) is 13.2. The number of hydrogen-bond acceptors (Lipinski definition) is 4. The molecule has 0 aliphatic heterocycles. The van der Waals surface area contributed by atoms with Crippen molar-refractivity contribution < 1.29 is 17.2 Å². The third-order valence-corrected chi connectivity index (χ3v) is 5.96. The minimum absolute atomic E-state index is 0.0548. The molecule has 0 saturated carbocycles. The highest BCUT2D eigenvalue weighted by atomic mass is 35.5. The molecule has 0 aliphatic rings. The molecule has 0 atom stereocenters. The largest absolute Gasteiger partial charge is 0.260 e. The molecular weight excluding hydrogens is 400 g/mol. The first kappa shape index (κ1) is 18.8. The van der Waals surface area contributed by atoms with E-state index in [0.717, 1.165) is 6.07 Å². The predicted octanol–water partition coefficient (Wildman–Crippen LogP) is 4.73. The maximum absolute atomic E-state index is 14.9. The van der Waals surface area contributed by atoms with Crippen molar-refractivity contribution in [1.82, 2.24) is 4.98 Å². The van der Waals surface area contributed by atoms with E-state index in [2.05, 4.69) is 17.6 Å². The molecule has 0 fully saturated rings. The van der Waals surface area contributed by atoms with Crippen LogP contribution in [0.1, 0.15) is 11.3 Å². The van der Waals surface area contributed by atoms with Crippen molar-refractivity contribution in [3.63, 3.8) is 0 Å². The average Bonchev–Trinajstić information content (AvgIpc) is 2.60. The molecule has 3 nitrogen and oxygen atoms in total. The molecule has 0 radical (unpaired) electrons. The molecule has 3 aromatic rings. The monoisotopic (exact) mass is 411 g/mol. The highest BCUT2D eigenvalue weighted by Gasteiger charge is 2.25. The molecule has 8 heteroatoms. The van der Waals surface area contributed by atoms with E-state index >= 15 is 0 Å². The Balaban J connectivity index is 2.07. The van der Waals surface area contributed by atoms with E-state index in [1.165, 1.54) is 30.5 Å². The van der Waals surface area contributed by atoms with Gasteiger partial charge in [0.2, 0.25) is 9.84 Å². The molecule has 0 saturated heterocycles. The lowest BCUT2D eigenvalue weighted by molar-refractivity contribution is 0.544. The number of hydrogen-bond donors (Lipinski definition) is 1.